The van der Waals surface area contributed by atoms with Gasteiger partial charge in [0.25, 0.3) is 0 Å². The molecule has 35 heteroatoms. The monoisotopic (exact) mass is 1990 g/mol. The fourth-order valence-electron chi connectivity index (χ4n) is 15.9. The van der Waals surface area contributed by atoms with Crippen molar-refractivity contribution in [2.75, 3.05) is 41.5 Å². The summed E-state index contributed by atoms with van der Waals surface area (Å²) in [7, 11) is 6.42. The molecule has 24 rings (SSSR count). The number of hydrogen-bond donors (Lipinski definition) is 14. The van der Waals surface area contributed by atoms with E-state index in [9.17, 15) is 30.6 Å². The maximum Gasteiger partial charge on any atom is 0.249 e. The lowest BCUT2D eigenvalue weighted by molar-refractivity contribution is 0.414. The van der Waals surface area contributed by atoms with Gasteiger partial charge in [-0.2, -0.15) is 20.4 Å². The number of imidazole rings is 4. The van der Waals surface area contributed by atoms with Crippen LogP contribution in [0.1, 0.15) is 40.5 Å². The van der Waals surface area contributed by atoms with Gasteiger partial charge < -0.3 is 73.9 Å². The molecule has 714 valence electrons. The summed E-state index contributed by atoms with van der Waals surface area (Å²) in [5.74, 6) is 5.81. The largest absolute Gasteiger partial charge is 0.505 e. The van der Waals surface area contributed by atoms with E-state index in [1.807, 2.05) is 261 Å². The number of fused-ring (bicyclic) bond motifs is 3. The molecule has 0 spiro atoms. The summed E-state index contributed by atoms with van der Waals surface area (Å²) in [6.07, 6.45) is 5.87. The van der Waals surface area contributed by atoms with Crippen LogP contribution >= 0.6 is 46.4 Å². The number of ether oxygens (including phenoxy) is 4. The minimum absolute atomic E-state index is 0.00900. The fourth-order valence-corrected chi connectivity index (χ4v) is 16.6. The lowest BCUT2D eigenvalue weighted by atomic mass is 10.0. The van der Waals surface area contributed by atoms with Crippen molar-refractivity contribution in [2.45, 2.75) is 6.42 Å². The highest BCUT2D eigenvalue weighted by Gasteiger charge is 2.29. The molecule has 12 aromatic carbocycles. The van der Waals surface area contributed by atoms with Crippen molar-refractivity contribution in [1.82, 2.24) is 85.6 Å². The van der Waals surface area contributed by atoms with Gasteiger partial charge in [-0.15, -0.1) is 0 Å². The molecule has 0 amide bonds. The lowest BCUT2D eigenvalue weighted by Crippen LogP contribution is -2.04. The fraction of sp³-hybridized carbons (Fsp3) is 0.0642. The highest BCUT2D eigenvalue weighted by atomic mass is 35.5. The molecule has 0 atom stereocenters. The number of methoxy groups -OCH3 is 4. The van der Waals surface area contributed by atoms with Crippen LogP contribution in [-0.4, -0.2) is 175 Å². The molecule has 144 heavy (non-hydrogen) atoms. The van der Waals surface area contributed by atoms with Crippen LogP contribution in [0.4, 0.5) is 0 Å². The Kier molecular flexibility index (Phi) is 28.0. The SMILES string of the molecule is COc1ccc(-c2n[nH]c(-c3nc4ccc(OC)cc4[nH]3)c2O)cc1.COc1ccc2nc(-c3[nH]nc(-c4ccc(Cl)cc4)c3O)[nH]c2c1.COc1ccc2nc(-c3[nH]nc(-c4ccccc4)c3O)oc2c1.OC1=C(c2ccccc2)CN=C1c1ncc(-c2cccc(Cl)c2)[nH]1.OC1=C(c2ccccc2)CN=C1c1ncc(-c2ccccc2Cl)[nH]1.Oc1c(-c2ccccc2)n[nH]c1C1=NC=C(c2ccc(Cl)cc2)C1. The number of aliphatic imine (C=N–C) groups is 3. The van der Waals surface area contributed by atoms with Gasteiger partial charge in [0.1, 0.15) is 91.3 Å². The van der Waals surface area contributed by atoms with E-state index in [0.29, 0.717) is 137 Å². The van der Waals surface area contributed by atoms with E-state index in [4.69, 9.17) is 69.8 Å². The second-order valence-electron chi connectivity index (χ2n) is 32.4. The molecule has 9 aromatic heterocycles. The van der Waals surface area contributed by atoms with Gasteiger partial charge in [0.2, 0.25) is 5.89 Å². The summed E-state index contributed by atoms with van der Waals surface area (Å²) in [5.41, 5.74) is 22.2. The van der Waals surface area contributed by atoms with Crippen LogP contribution in [0.25, 0.3) is 152 Å². The highest BCUT2D eigenvalue weighted by molar-refractivity contribution is 6.33. The van der Waals surface area contributed by atoms with Crippen molar-refractivity contribution in [3.05, 3.63) is 381 Å². The van der Waals surface area contributed by atoms with E-state index in [-0.39, 0.29) is 40.4 Å². The molecule has 0 aliphatic carbocycles. The first-order valence-corrected chi connectivity index (χ1v) is 46.1. The minimum Gasteiger partial charge on any atom is -0.505 e. The second kappa shape index (κ2) is 42.6. The zero-order valence-corrected chi connectivity index (χ0v) is 79.8. The molecule has 31 nitrogen and oxygen atoms in total. The van der Waals surface area contributed by atoms with Gasteiger partial charge in [-0.25, -0.2) is 24.9 Å². The van der Waals surface area contributed by atoms with Gasteiger partial charge >= 0.3 is 0 Å². The molecule has 0 radical (unpaired) electrons. The Morgan fingerprint density at radius 1 is 0.333 bits per heavy atom. The van der Waals surface area contributed by atoms with E-state index in [2.05, 4.69) is 101 Å². The number of halogens is 4. The zero-order valence-electron chi connectivity index (χ0n) is 76.7. The van der Waals surface area contributed by atoms with Gasteiger partial charge in [0.05, 0.1) is 93.1 Å². The number of hydrogen-bond acceptors (Lipinski definition) is 23. The Hall–Kier alpha value is -18.3. The molecule has 12 heterocycles. The van der Waals surface area contributed by atoms with Crippen LogP contribution in [0.15, 0.2) is 347 Å². The average molecular weight is 1990 g/mol. The van der Waals surface area contributed by atoms with Crippen molar-refractivity contribution in [2.24, 2.45) is 15.0 Å². The van der Waals surface area contributed by atoms with Crippen LogP contribution in [0.2, 0.25) is 20.1 Å². The summed E-state index contributed by atoms with van der Waals surface area (Å²) in [4.78, 5) is 48.1. The summed E-state index contributed by atoms with van der Waals surface area (Å²) in [6.45, 7) is 0.881. The third-order valence-corrected chi connectivity index (χ3v) is 24.5. The number of H-pyrrole nitrogens is 8. The Bertz CT molecular complexity index is 8410. The van der Waals surface area contributed by atoms with E-state index in [0.717, 1.165) is 123 Å². The van der Waals surface area contributed by atoms with Gasteiger partial charge in [-0.05, 0) is 125 Å². The topological polar surface area (TPSA) is 451 Å². The van der Waals surface area contributed by atoms with E-state index in [1.54, 1.807) is 83.3 Å². The molecule has 0 fully saturated rings. The highest BCUT2D eigenvalue weighted by Crippen LogP contribution is 2.43. The maximum atomic E-state index is 10.6. The third kappa shape index (κ3) is 20.6. The van der Waals surface area contributed by atoms with Crippen molar-refractivity contribution in [3.63, 3.8) is 0 Å². The standard InChI is InChI=1S/3C19H14ClN3O.C18H16N4O3.C17H13ClN4O2.C17H13N3O3/c20-15-9-5-4-8-13(15)16-11-22-19(23-16)17-18(24)14(10-21-17)12-6-2-1-3-7-12;20-14-8-4-7-13(9-14)16-11-22-19(23-16)17-18(24)15(10-21-17)12-5-2-1-3-6-12;20-15-8-6-12(7-9-15)14-10-16(21-11-14)18-19(24)17(22-23-18)13-4-2-1-3-5-13;1-24-11-5-3-10(4-6-11)15-17(23)16(22-21-15)18-19-13-8-7-12(25-2)9-14(13)20-18;1-24-11-6-7-12-13(8-11)20-17(19-12)15-16(23)14(21-22-15)9-2-4-10(18)5-3-9;1-22-11-7-8-12-13(9-11)23-17(18-12)15-16(21)14(19-20-15)10-5-3-2-4-6-10/h3*1-9,11,24H,10H2,(H,22,23);3-9,23H,1-2H3,(H,19,20)(H,21,22);2-8,23H,1H3,(H,19,20)(H,21,22);2-9,21H,1H3,(H,19,20). The smallest absolute Gasteiger partial charge is 0.249 e. The van der Waals surface area contributed by atoms with Gasteiger partial charge in [-0.1, -0.05) is 222 Å². The second-order valence-corrected chi connectivity index (χ2v) is 34.1. The summed E-state index contributed by atoms with van der Waals surface area (Å²) in [5, 5.41) is 94.0. The minimum atomic E-state index is 0.00900. The molecule has 0 saturated carbocycles. The van der Waals surface area contributed by atoms with Gasteiger partial charge in [0, 0.05) is 95.4 Å². The van der Waals surface area contributed by atoms with Crippen LogP contribution in [-0.2, 0) is 0 Å². The quantitative estimate of drug-likeness (QED) is 0.0357. The summed E-state index contributed by atoms with van der Waals surface area (Å²) < 4.78 is 26.4. The number of aliphatic hydroxyl groups excluding tert-OH is 2. The first kappa shape index (κ1) is 94.7. The van der Waals surface area contributed by atoms with Crippen molar-refractivity contribution < 1.29 is 54.0 Å². The number of aromatic amines is 8. The zero-order chi connectivity index (χ0) is 99.4. The van der Waals surface area contributed by atoms with E-state index in [1.165, 1.54) is 0 Å². The maximum absolute atomic E-state index is 10.6. The lowest BCUT2D eigenvalue weighted by Gasteiger charge is -2.03. The number of nitrogens with zero attached hydrogens (tertiary/aromatic N) is 12. The number of aromatic nitrogens is 17. The Morgan fingerprint density at radius 2 is 0.736 bits per heavy atom. The number of benzene rings is 12. The van der Waals surface area contributed by atoms with Gasteiger partial charge in [0.15, 0.2) is 57.6 Å². The predicted octanol–water partition coefficient (Wildman–Crippen LogP) is 24.6. The Morgan fingerprint density at radius 3 is 1.23 bits per heavy atom. The van der Waals surface area contributed by atoms with Crippen molar-refractivity contribution in [1.29, 1.82) is 0 Å². The molecule has 3 aliphatic heterocycles. The molecule has 21 aromatic rings. The number of allylic oxidation sites excluding steroid dienone is 3. The Labute approximate surface area is 840 Å². The molecule has 0 bridgehead atoms. The van der Waals surface area contributed by atoms with E-state index >= 15 is 0 Å². The normalized spacial score (nSPS) is 12.5. The number of rotatable bonds is 19. The summed E-state index contributed by atoms with van der Waals surface area (Å²) >= 11 is 24.1. The van der Waals surface area contributed by atoms with Crippen LogP contribution in [0.5, 0.6) is 46.0 Å². The van der Waals surface area contributed by atoms with Crippen LogP contribution in [0.3, 0.4) is 0 Å². The number of oxazole rings is 1. The van der Waals surface area contributed by atoms with Crippen molar-refractivity contribution >= 4 is 113 Å². The molecule has 0 saturated heterocycles. The van der Waals surface area contributed by atoms with Gasteiger partial charge in [-0.3, -0.25) is 35.4 Å². The molecular weight excluding hydrogens is 1910 g/mol. The number of nitrogens with one attached hydrogen (secondary N) is 8. The third-order valence-electron chi connectivity index (χ3n) is 23.4. The molecule has 0 unspecified atom stereocenters. The first-order chi connectivity index (χ1) is 70.3. The molecular formula is C109H84Cl4N20O11. The van der Waals surface area contributed by atoms with Crippen molar-refractivity contribution in [3.8, 4) is 148 Å². The Balaban J connectivity index is 0.000000109. The average Bonchev–Trinajstić information content (AvgIpc) is 1.61. The number of aromatic hydroxyl groups is 4. The first-order valence-electron chi connectivity index (χ1n) is 44.6. The van der Waals surface area contributed by atoms with E-state index < -0.39 is 0 Å². The van der Waals surface area contributed by atoms with Crippen LogP contribution in [0, 0.1) is 0 Å². The number of aliphatic hydroxyl groups is 2. The molecule has 14 N–H and O–H groups in total. The predicted molar refractivity (Wildman–Crippen MR) is 561 cm³/mol. The van der Waals surface area contributed by atoms with Crippen LogP contribution < -0.4 is 18.9 Å². The molecule has 3 aliphatic rings. The summed E-state index contributed by atoms with van der Waals surface area (Å²) in [6, 6.07) is 92.0.